The normalized spacial score (nSPS) is 20.1. The summed E-state index contributed by atoms with van der Waals surface area (Å²) in [6, 6.07) is -0.488. The topological polar surface area (TPSA) is 78.3 Å². The second kappa shape index (κ2) is 4.69. The number of carbonyl (C=O) groups excluding carboxylic acids is 1. The fourth-order valence-electron chi connectivity index (χ4n) is 0.814. The van der Waals surface area contributed by atoms with Crippen molar-refractivity contribution in [2.45, 2.75) is 17.7 Å². The van der Waals surface area contributed by atoms with Crippen molar-refractivity contribution in [2.24, 2.45) is 11.5 Å². The van der Waals surface area contributed by atoms with Gasteiger partial charge in [-0.25, -0.2) is 0 Å². The first-order valence-electron chi connectivity index (χ1n) is 3.94. The second-order valence-electron chi connectivity index (χ2n) is 2.83. The molecule has 1 saturated heterocycles. The smallest absolute Gasteiger partial charge is 0.234 e. The van der Waals surface area contributed by atoms with Crippen LogP contribution in [0.2, 0.25) is 0 Å². The zero-order chi connectivity index (χ0) is 8.97. The zero-order valence-electron chi connectivity index (χ0n) is 6.86. The van der Waals surface area contributed by atoms with Gasteiger partial charge >= 0.3 is 0 Å². The minimum absolute atomic E-state index is 0.416. The Morgan fingerprint density at radius 2 is 2.33 bits per heavy atom. The van der Waals surface area contributed by atoms with E-state index in [0.717, 1.165) is 19.0 Å². The van der Waals surface area contributed by atoms with E-state index in [0.29, 0.717) is 11.7 Å². The van der Waals surface area contributed by atoms with Crippen LogP contribution in [0.15, 0.2) is 0 Å². The van der Waals surface area contributed by atoms with Crippen LogP contribution in [0.5, 0.6) is 0 Å². The van der Waals surface area contributed by atoms with Crippen molar-refractivity contribution >= 4 is 17.7 Å². The van der Waals surface area contributed by atoms with E-state index in [9.17, 15) is 4.79 Å². The molecule has 4 nitrogen and oxygen atoms in total. The summed E-state index contributed by atoms with van der Waals surface area (Å²) in [6.45, 7) is 1.66. The van der Waals surface area contributed by atoms with Crippen LogP contribution in [0.3, 0.4) is 0 Å². The Bertz CT molecular complexity index is 161. The van der Waals surface area contributed by atoms with Gasteiger partial charge in [0, 0.05) is 0 Å². The van der Waals surface area contributed by atoms with E-state index in [-0.39, 0.29) is 0 Å². The number of hydrogen-bond acceptors (Lipinski definition) is 4. The zero-order valence-corrected chi connectivity index (χ0v) is 7.68. The predicted octanol–water partition coefficient (Wildman–Crippen LogP) is -0.679. The van der Waals surface area contributed by atoms with Crippen molar-refractivity contribution in [1.82, 2.24) is 0 Å². The number of ether oxygens (including phenoxy) is 1. The highest BCUT2D eigenvalue weighted by Crippen LogP contribution is 2.19. The average molecular weight is 190 g/mol. The first-order valence-corrected chi connectivity index (χ1v) is 4.99. The van der Waals surface area contributed by atoms with E-state index in [4.69, 9.17) is 16.2 Å². The average Bonchev–Trinajstić information content (AvgIpc) is 1.93. The standard InChI is InChI=1S/C7H14N2O2S/c8-6(7(9)10)1-2-12-5-3-11-4-5/h5-6H,1-4,8H2,(H2,9,10). The maximum absolute atomic E-state index is 10.5. The van der Waals surface area contributed by atoms with E-state index in [1.54, 1.807) is 11.8 Å². The molecule has 1 fully saturated rings. The molecule has 1 unspecified atom stereocenters. The molecule has 1 amide bonds. The van der Waals surface area contributed by atoms with Gasteiger partial charge in [-0.05, 0) is 12.2 Å². The summed E-state index contributed by atoms with van der Waals surface area (Å²) in [5.74, 6) is 0.471. The monoisotopic (exact) mass is 190 g/mol. The van der Waals surface area contributed by atoms with Crippen molar-refractivity contribution in [3.63, 3.8) is 0 Å². The van der Waals surface area contributed by atoms with Crippen molar-refractivity contribution in [3.05, 3.63) is 0 Å². The van der Waals surface area contributed by atoms with Crippen molar-refractivity contribution in [3.8, 4) is 0 Å². The van der Waals surface area contributed by atoms with Crippen LogP contribution in [0.1, 0.15) is 6.42 Å². The minimum atomic E-state index is -0.488. The van der Waals surface area contributed by atoms with E-state index in [1.165, 1.54) is 0 Å². The molecule has 12 heavy (non-hydrogen) atoms. The molecule has 0 aromatic rings. The Balaban J connectivity index is 1.97. The summed E-state index contributed by atoms with van der Waals surface area (Å²) in [5, 5.41) is 0.602. The Kier molecular flexibility index (Phi) is 3.84. The maximum atomic E-state index is 10.5. The lowest BCUT2D eigenvalue weighted by atomic mass is 10.2. The molecular weight excluding hydrogens is 176 g/mol. The number of amides is 1. The molecule has 0 aromatic carbocycles. The van der Waals surface area contributed by atoms with Crippen molar-refractivity contribution in [2.75, 3.05) is 19.0 Å². The maximum Gasteiger partial charge on any atom is 0.234 e. The van der Waals surface area contributed by atoms with Gasteiger partial charge in [0.05, 0.1) is 24.5 Å². The van der Waals surface area contributed by atoms with Crippen molar-refractivity contribution in [1.29, 1.82) is 0 Å². The third-order valence-corrected chi connectivity index (χ3v) is 2.97. The summed E-state index contributed by atoms with van der Waals surface area (Å²) in [6.07, 6.45) is 0.663. The van der Waals surface area contributed by atoms with Gasteiger partial charge in [-0.1, -0.05) is 0 Å². The quantitative estimate of drug-likeness (QED) is 0.602. The first kappa shape index (κ1) is 9.83. The van der Waals surface area contributed by atoms with Gasteiger partial charge in [-0.3, -0.25) is 4.79 Å². The summed E-state index contributed by atoms with van der Waals surface area (Å²) in [4.78, 5) is 10.5. The summed E-state index contributed by atoms with van der Waals surface area (Å²) in [7, 11) is 0. The number of thioether (sulfide) groups is 1. The number of primary amides is 1. The Labute approximate surface area is 76.0 Å². The Hall–Kier alpha value is -0.260. The molecule has 0 aliphatic carbocycles. The fraction of sp³-hybridized carbons (Fsp3) is 0.857. The SMILES string of the molecule is NC(=O)C(N)CCSC1COC1. The van der Waals surface area contributed by atoms with Crippen LogP contribution in [0.4, 0.5) is 0 Å². The molecule has 0 spiro atoms. The highest BCUT2D eigenvalue weighted by Gasteiger charge is 2.19. The van der Waals surface area contributed by atoms with Gasteiger partial charge in [-0.15, -0.1) is 0 Å². The lowest BCUT2D eigenvalue weighted by Crippen LogP contribution is -2.37. The van der Waals surface area contributed by atoms with Gasteiger partial charge in [0.2, 0.25) is 5.91 Å². The van der Waals surface area contributed by atoms with E-state index < -0.39 is 11.9 Å². The van der Waals surface area contributed by atoms with Crippen LogP contribution >= 0.6 is 11.8 Å². The summed E-state index contributed by atoms with van der Waals surface area (Å²) >= 11 is 1.80. The van der Waals surface area contributed by atoms with E-state index >= 15 is 0 Å². The first-order chi connectivity index (χ1) is 5.70. The molecule has 0 bridgehead atoms. The minimum Gasteiger partial charge on any atom is -0.379 e. The highest BCUT2D eigenvalue weighted by molar-refractivity contribution is 8.00. The van der Waals surface area contributed by atoms with Crippen LogP contribution in [0.25, 0.3) is 0 Å². The van der Waals surface area contributed by atoms with Gasteiger partial charge in [0.1, 0.15) is 0 Å². The third-order valence-electron chi connectivity index (χ3n) is 1.76. The predicted molar refractivity (Wildman–Crippen MR) is 48.9 cm³/mol. The van der Waals surface area contributed by atoms with E-state index in [2.05, 4.69) is 0 Å². The molecule has 1 rings (SSSR count). The van der Waals surface area contributed by atoms with Crippen LogP contribution < -0.4 is 11.5 Å². The van der Waals surface area contributed by atoms with Crippen LogP contribution in [-0.2, 0) is 9.53 Å². The highest BCUT2D eigenvalue weighted by atomic mass is 32.2. The molecule has 4 N–H and O–H groups in total. The molecule has 0 aromatic heterocycles. The van der Waals surface area contributed by atoms with E-state index in [1.807, 2.05) is 0 Å². The Morgan fingerprint density at radius 3 is 2.75 bits per heavy atom. The lowest BCUT2D eigenvalue weighted by Gasteiger charge is -2.25. The molecule has 1 atom stereocenters. The second-order valence-corrected chi connectivity index (χ2v) is 4.24. The van der Waals surface area contributed by atoms with Crippen LogP contribution in [0, 0.1) is 0 Å². The van der Waals surface area contributed by atoms with Crippen LogP contribution in [-0.4, -0.2) is 36.2 Å². The van der Waals surface area contributed by atoms with Gasteiger partial charge < -0.3 is 16.2 Å². The fourth-order valence-corrected chi connectivity index (χ4v) is 1.92. The summed E-state index contributed by atoms with van der Waals surface area (Å²) < 4.78 is 5.00. The molecular formula is C7H14N2O2S. The Morgan fingerprint density at radius 1 is 1.67 bits per heavy atom. The molecule has 1 heterocycles. The molecule has 1 aliphatic heterocycles. The number of carbonyl (C=O) groups is 1. The van der Waals surface area contributed by atoms with Gasteiger partial charge in [0.15, 0.2) is 0 Å². The number of nitrogens with two attached hydrogens (primary N) is 2. The summed E-state index contributed by atoms with van der Waals surface area (Å²) in [5.41, 5.74) is 10.4. The largest absolute Gasteiger partial charge is 0.379 e. The molecule has 0 saturated carbocycles. The molecule has 1 aliphatic rings. The third kappa shape index (κ3) is 3.00. The number of rotatable bonds is 5. The molecule has 5 heteroatoms. The lowest BCUT2D eigenvalue weighted by molar-refractivity contribution is -0.119. The van der Waals surface area contributed by atoms with Gasteiger partial charge in [-0.2, -0.15) is 11.8 Å². The molecule has 70 valence electrons. The van der Waals surface area contributed by atoms with Gasteiger partial charge in [0.25, 0.3) is 0 Å². The van der Waals surface area contributed by atoms with Crippen molar-refractivity contribution < 1.29 is 9.53 Å². The number of hydrogen-bond donors (Lipinski definition) is 2. The molecule has 0 radical (unpaired) electrons.